The maximum atomic E-state index is 12.9. The highest BCUT2D eigenvalue weighted by atomic mass is 32.1. The van der Waals surface area contributed by atoms with Crippen molar-refractivity contribution in [2.24, 2.45) is 5.10 Å². The Morgan fingerprint density at radius 1 is 1.23 bits per heavy atom. The second kappa shape index (κ2) is 5.92. The number of thiophene rings is 1. The number of fused-ring (bicyclic) bond motifs is 2. The molecule has 3 heterocycles. The number of carbonyl (C=O) groups is 3. The zero-order chi connectivity index (χ0) is 18.3. The summed E-state index contributed by atoms with van der Waals surface area (Å²) in [5.41, 5.74) is 0.581. The molecule has 1 atom stereocenters. The highest BCUT2D eigenvalue weighted by molar-refractivity contribution is 7.12. The van der Waals surface area contributed by atoms with Gasteiger partial charge in [0.25, 0.3) is 11.8 Å². The molecule has 0 aliphatic carbocycles. The SMILES string of the molecule is O=C(O)/C=C/C(=O)N1N=C(c2cccs2)C[C@]12C(=O)Nc1ccccc12. The molecule has 1 spiro atoms. The van der Waals surface area contributed by atoms with Crippen molar-refractivity contribution in [2.45, 2.75) is 12.0 Å². The van der Waals surface area contributed by atoms with Crippen molar-refractivity contribution in [2.75, 3.05) is 5.32 Å². The van der Waals surface area contributed by atoms with Gasteiger partial charge >= 0.3 is 5.97 Å². The average molecular weight is 367 g/mol. The molecule has 7 nitrogen and oxygen atoms in total. The van der Waals surface area contributed by atoms with E-state index in [9.17, 15) is 14.4 Å². The number of carboxylic acids is 1. The van der Waals surface area contributed by atoms with Crippen LogP contribution in [0.25, 0.3) is 0 Å². The number of anilines is 1. The Morgan fingerprint density at radius 3 is 2.77 bits per heavy atom. The molecule has 0 radical (unpaired) electrons. The van der Waals surface area contributed by atoms with Gasteiger partial charge in [-0.05, 0) is 17.5 Å². The topological polar surface area (TPSA) is 99.1 Å². The maximum absolute atomic E-state index is 12.9. The zero-order valence-electron chi connectivity index (χ0n) is 13.4. The molecule has 1 aromatic heterocycles. The van der Waals surface area contributed by atoms with E-state index in [1.807, 2.05) is 17.5 Å². The molecule has 1 aromatic carbocycles. The molecule has 0 saturated carbocycles. The molecule has 0 bridgehead atoms. The van der Waals surface area contributed by atoms with Gasteiger partial charge in [0.05, 0.1) is 10.6 Å². The Kier molecular flexibility index (Phi) is 3.69. The van der Waals surface area contributed by atoms with Crippen LogP contribution in [-0.2, 0) is 19.9 Å². The van der Waals surface area contributed by atoms with E-state index in [0.717, 1.165) is 22.0 Å². The zero-order valence-corrected chi connectivity index (χ0v) is 14.2. The van der Waals surface area contributed by atoms with Gasteiger partial charge in [0.15, 0.2) is 5.54 Å². The number of benzene rings is 1. The molecule has 2 aromatic rings. The summed E-state index contributed by atoms with van der Waals surface area (Å²) in [6.07, 6.45) is 1.88. The van der Waals surface area contributed by atoms with Gasteiger partial charge in [-0.15, -0.1) is 11.3 Å². The van der Waals surface area contributed by atoms with Crippen LogP contribution in [0, 0.1) is 0 Å². The number of nitrogens with zero attached hydrogens (tertiary/aromatic N) is 2. The predicted octanol–water partition coefficient (Wildman–Crippen LogP) is 2.17. The first-order valence-corrected chi connectivity index (χ1v) is 8.68. The van der Waals surface area contributed by atoms with Crippen LogP contribution in [0.15, 0.2) is 59.0 Å². The molecule has 2 N–H and O–H groups in total. The van der Waals surface area contributed by atoms with E-state index in [-0.39, 0.29) is 12.3 Å². The fraction of sp³-hybridized carbons (Fsp3) is 0.111. The molecule has 4 rings (SSSR count). The van der Waals surface area contributed by atoms with Gasteiger partial charge in [-0.1, -0.05) is 24.3 Å². The number of rotatable bonds is 3. The van der Waals surface area contributed by atoms with Crippen LogP contribution in [0.2, 0.25) is 0 Å². The summed E-state index contributed by atoms with van der Waals surface area (Å²) in [6.45, 7) is 0. The van der Waals surface area contributed by atoms with E-state index < -0.39 is 17.4 Å². The van der Waals surface area contributed by atoms with Crippen LogP contribution in [0.4, 0.5) is 5.69 Å². The lowest BCUT2D eigenvalue weighted by atomic mass is 9.86. The molecular formula is C18H13N3O4S. The first-order valence-electron chi connectivity index (χ1n) is 7.80. The first kappa shape index (κ1) is 16.2. The minimum Gasteiger partial charge on any atom is -0.478 e. The standard InChI is InChI=1S/C18H13N3O4S/c22-15(7-8-16(23)24)21-18(10-13(20-21)14-6-3-9-26-14)11-4-1-2-5-12(11)19-17(18)25/h1-9H,10H2,(H,19,25)(H,23,24)/b8-7+/t18-/m0/s1. The van der Waals surface area contributed by atoms with Gasteiger partial charge in [0.2, 0.25) is 0 Å². The lowest BCUT2D eigenvalue weighted by molar-refractivity contribution is -0.140. The summed E-state index contributed by atoms with van der Waals surface area (Å²) in [7, 11) is 0. The van der Waals surface area contributed by atoms with Crippen molar-refractivity contribution in [1.29, 1.82) is 0 Å². The van der Waals surface area contributed by atoms with Gasteiger partial charge in [0.1, 0.15) is 0 Å². The van der Waals surface area contributed by atoms with Gasteiger partial charge in [0, 0.05) is 29.8 Å². The third kappa shape index (κ3) is 2.34. The van der Waals surface area contributed by atoms with E-state index in [1.54, 1.807) is 24.3 Å². The fourth-order valence-electron chi connectivity index (χ4n) is 3.27. The van der Waals surface area contributed by atoms with Crippen LogP contribution >= 0.6 is 11.3 Å². The molecule has 2 amide bonds. The summed E-state index contributed by atoms with van der Waals surface area (Å²) >= 11 is 1.46. The Bertz CT molecular complexity index is 980. The molecule has 8 heteroatoms. The van der Waals surface area contributed by atoms with E-state index in [1.165, 1.54) is 11.3 Å². The largest absolute Gasteiger partial charge is 0.478 e. The second-order valence-electron chi connectivity index (χ2n) is 5.88. The number of hydrogen-bond acceptors (Lipinski definition) is 5. The molecule has 0 unspecified atom stereocenters. The minimum absolute atomic E-state index is 0.225. The Labute approximate surface area is 152 Å². The van der Waals surface area contributed by atoms with Crippen molar-refractivity contribution < 1.29 is 19.5 Å². The third-order valence-corrected chi connectivity index (χ3v) is 5.30. The molecule has 0 fully saturated rings. The molecule has 130 valence electrons. The van der Waals surface area contributed by atoms with E-state index >= 15 is 0 Å². The summed E-state index contributed by atoms with van der Waals surface area (Å²) in [5.74, 6) is -2.26. The smallest absolute Gasteiger partial charge is 0.328 e. The van der Waals surface area contributed by atoms with Crippen LogP contribution < -0.4 is 5.32 Å². The molecule has 2 aliphatic rings. The third-order valence-electron chi connectivity index (χ3n) is 4.38. The summed E-state index contributed by atoms with van der Waals surface area (Å²) < 4.78 is 0. The monoisotopic (exact) mass is 367 g/mol. The Hall–Kier alpha value is -3.26. The van der Waals surface area contributed by atoms with Crippen LogP contribution in [0.5, 0.6) is 0 Å². The predicted molar refractivity (Wildman–Crippen MR) is 95.8 cm³/mol. The molecule has 0 saturated heterocycles. The molecular weight excluding hydrogens is 354 g/mol. The molecule has 26 heavy (non-hydrogen) atoms. The number of amides is 2. The number of hydrazone groups is 1. The number of nitrogens with one attached hydrogen (secondary N) is 1. The highest BCUT2D eigenvalue weighted by Gasteiger charge is 2.57. The number of carbonyl (C=O) groups excluding carboxylic acids is 2. The lowest BCUT2D eigenvalue weighted by Crippen LogP contribution is -2.48. The molecule has 2 aliphatic heterocycles. The van der Waals surface area contributed by atoms with Gasteiger partial charge in [-0.2, -0.15) is 5.10 Å². The first-order chi connectivity index (χ1) is 12.5. The fourth-order valence-corrected chi connectivity index (χ4v) is 3.98. The average Bonchev–Trinajstić information content (AvgIpc) is 3.33. The van der Waals surface area contributed by atoms with Crippen LogP contribution in [-0.4, -0.2) is 33.6 Å². The van der Waals surface area contributed by atoms with E-state index in [4.69, 9.17) is 5.11 Å². The van der Waals surface area contributed by atoms with Crippen LogP contribution in [0.3, 0.4) is 0 Å². The van der Waals surface area contributed by atoms with Crippen LogP contribution in [0.1, 0.15) is 16.9 Å². The number of hydrogen-bond donors (Lipinski definition) is 2. The maximum Gasteiger partial charge on any atom is 0.328 e. The van der Waals surface area contributed by atoms with Crippen molar-refractivity contribution in [1.82, 2.24) is 5.01 Å². The van der Waals surface area contributed by atoms with Crippen molar-refractivity contribution >= 4 is 40.5 Å². The Morgan fingerprint density at radius 2 is 2.04 bits per heavy atom. The Balaban J connectivity index is 1.84. The number of carboxylic acid groups (broad SMARTS) is 1. The number of aliphatic carboxylic acids is 1. The van der Waals surface area contributed by atoms with Gasteiger partial charge in [-0.3, -0.25) is 9.59 Å². The second-order valence-corrected chi connectivity index (χ2v) is 6.83. The minimum atomic E-state index is -1.31. The summed E-state index contributed by atoms with van der Waals surface area (Å²) in [6, 6.07) is 10.9. The summed E-state index contributed by atoms with van der Waals surface area (Å²) in [5, 5.41) is 19.0. The van der Waals surface area contributed by atoms with Gasteiger partial charge in [-0.25, -0.2) is 9.80 Å². The number of para-hydroxylation sites is 1. The van der Waals surface area contributed by atoms with E-state index in [0.29, 0.717) is 17.0 Å². The van der Waals surface area contributed by atoms with E-state index in [2.05, 4.69) is 10.4 Å². The highest BCUT2D eigenvalue weighted by Crippen LogP contribution is 2.47. The van der Waals surface area contributed by atoms with Gasteiger partial charge < -0.3 is 10.4 Å². The van der Waals surface area contributed by atoms with Crippen molar-refractivity contribution in [3.8, 4) is 0 Å². The quantitative estimate of drug-likeness (QED) is 0.812. The lowest BCUT2D eigenvalue weighted by Gasteiger charge is -2.29. The van der Waals surface area contributed by atoms with Crippen molar-refractivity contribution in [3.63, 3.8) is 0 Å². The summed E-state index contributed by atoms with van der Waals surface area (Å²) in [4.78, 5) is 37.2. The normalized spacial score (nSPS) is 21.2. The van der Waals surface area contributed by atoms with Crippen molar-refractivity contribution in [3.05, 3.63) is 64.4 Å².